The minimum atomic E-state index is -0.492. The Kier molecular flexibility index (Phi) is 2.23. The molecule has 1 aliphatic rings. The molecule has 3 heteroatoms. The third-order valence-electron chi connectivity index (χ3n) is 3.43. The van der Waals surface area contributed by atoms with Crippen molar-refractivity contribution in [3.05, 3.63) is 54.2 Å². The predicted octanol–water partition coefficient (Wildman–Crippen LogP) is 3.04. The summed E-state index contributed by atoms with van der Waals surface area (Å²) in [7, 11) is 0. The fraction of sp³-hybridized carbons (Fsp3) is 0.200. The van der Waals surface area contributed by atoms with E-state index < -0.39 is 5.41 Å². The van der Waals surface area contributed by atoms with Crippen LogP contribution in [0.5, 0.6) is 0 Å². The van der Waals surface area contributed by atoms with Crippen molar-refractivity contribution in [2.75, 3.05) is 4.90 Å². The summed E-state index contributed by atoms with van der Waals surface area (Å²) in [6, 6.07) is 13.5. The van der Waals surface area contributed by atoms with Crippen molar-refractivity contribution in [1.82, 2.24) is 4.98 Å². The molecule has 1 aromatic carbocycles. The quantitative estimate of drug-likeness (QED) is 0.765. The number of para-hydroxylation sites is 1. The van der Waals surface area contributed by atoms with Gasteiger partial charge in [-0.05, 0) is 37.6 Å². The van der Waals surface area contributed by atoms with Crippen LogP contribution in [-0.2, 0) is 10.2 Å². The molecule has 90 valence electrons. The Labute approximate surface area is 106 Å². The van der Waals surface area contributed by atoms with Gasteiger partial charge < -0.3 is 0 Å². The Hall–Kier alpha value is -2.16. The van der Waals surface area contributed by atoms with Crippen LogP contribution < -0.4 is 4.90 Å². The summed E-state index contributed by atoms with van der Waals surface area (Å²) in [4.78, 5) is 18.6. The monoisotopic (exact) mass is 238 g/mol. The Bertz CT molecular complexity index is 605. The number of amides is 1. The van der Waals surface area contributed by atoms with Gasteiger partial charge in [-0.2, -0.15) is 0 Å². The molecule has 0 saturated carbocycles. The molecule has 0 spiro atoms. The molecular weight excluding hydrogens is 224 g/mol. The minimum Gasteiger partial charge on any atom is -0.273 e. The molecule has 3 rings (SSSR count). The molecule has 2 aromatic rings. The fourth-order valence-corrected chi connectivity index (χ4v) is 2.41. The summed E-state index contributed by atoms with van der Waals surface area (Å²) >= 11 is 0. The second kappa shape index (κ2) is 3.67. The molecule has 0 fully saturated rings. The SMILES string of the molecule is CC1(C)C(=O)N(c2ccccn2)c2ccccc21. The van der Waals surface area contributed by atoms with Crippen LogP contribution in [0, 0.1) is 0 Å². The topological polar surface area (TPSA) is 33.2 Å². The van der Waals surface area contributed by atoms with Crippen LogP contribution >= 0.6 is 0 Å². The van der Waals surface area contributed by atoms with Crippen molar-refractivity contribution in [2.45, 2.75) is 19.3 Å². The Balaban J connectivity index is 2.21. The van der Waals surface area contributed by atoms with E-state index in [9.17, 15) is 4.79 Å². The molecule has 2 heterocycles. The highest BCUT2D eigenvalue weighted by Gasteiger charge is 2.44. The zero-order chi connectivity index (χ0) is 12.8. The van der Waals surface area contributed by atoms with E-state index in [1.165, 1.54) is 0 Å². The fourth-order valence-electron chi connectivity index (χ4n) is 2.41. The Morgan fingerprint density at radius 3 is 2.50 bits per heavy atom. The molecule has 0 radical (unpaired) electrons. The van der Waals surface area contributed by atoms with E-state index in [1.54, 1.807) is 11.1 Å². The van der Waals surface area contributed by atoms with E-state index in [2.05, 4.69) is 4.98 Å². The van der Waals surface area contributed by atoms with Gasteiger partial charge in [0, 0.05) is 6.20 Å². The van der Waals surface area contributed by atoms with Gasteiger partial charge in [0.1, 0.15) is 5.82 Å². The molecule has 0 N–H and O–H groups in total. The number of carbonyl (C=O) groups excluding carboxylic acids is 1. The molecular formula is C15H14N2O. The maximum Gasteiger partial charge on any atom is 0.242 e. The van der Waals surface area contributed by atoms with Gasteiger partial charge in [-0.3, -0.25) is 9.69 Å². The summed E-state index contributed by atoms with van der Waals surface area (Å²) in [5, 5.41) is 0. The van der Waals surface area contributed by atoms with Crippen LogP contribution in [-0.4, -0.2) is 10.9 Å². The van der Waals surface area contributed by atoms with E-state index >= 15 is 0 Å². The first kappa shape index (κ1) is 11.0. The van der Waals surface area contributed by atoms with Crippen molar-refractivity contribution in [3.8, 4) is 0 Å². The molecule has 0 bridgehead atoms. The number of nitrogens with zero attached hydrogens (tertiary/aromatic N) is 2. The van der Waals surface area contributed by atoms with Gasteiger partial charge in [0.2, 0.25) is 5.91 Å². The Morgan fingerprint density at radius 2 is 1.78 bits per heavy atom. The van der Waals surface area contributed by atoms with Crippen LogP contribution in [0.1, 0.15) is 19.4 Å². The van der Waals surface area contributed by atoms with Crippen molar-refractivity contribution < 1.29 is 4.79 Å². The molecule has 0 unspecified atom stereocenters. The summed E-state index contributed by atoms with van der Waals surface area (Å²) in [6.07, 6.45) is 1.70. The average molecular weight is 238 g/mol. The van der Waals surface area contributed by atoms with Crippen LogP contribution in [0.2, 0.25) is 0 Å². The number of benzene rings is 1. The molecule has 0 saturated heterocycles. The number of rotatable bonds is 1. The highest BCUT2D eigenvalue weighted by Crippen LogP contribution is 2.44. The van der Waals surface area contributed by atoms with Crippen molar-refractivity contribution in [3.63, 3.8) is 0 Å². The highest BCUT2D eigenvalue weighted by atomic mass is 16.2. The first-order valence-corrected chi connectivity index (χ1v) is 5.97. The average Bonchev–Trinajstić information content (AvgIpc) is 2.60. The number of pyridine rings is 1. The Morgan fingerprint density at radius 1 is 1.06 bits per heavy atom. The standard InChI is InChI=1S/C15H14N2O/c1-15(2)11-7-3-4-8-12(11)17(14(15)18)13-9-5-6-10-16-13/h3-10H,1-2H3. The summed E-state index contributed by atoms with van der Waals surface area (Å²) in [5.74, 6) is 0.753. The van der Waals surface area contributed by atoms with Gasteiger partial charge in [-0.25, -0.2) is 4.98 Å². The number of fused-ring (bicyclic) bond motifs is 1. The lowest BCUT2D eigenvalue weighted by Crippen LogP contribution is -2.33. The normalized spacial score (nSPS) is 16.8. The van der Waals surface area contributed by atoms with Crippen molar-refractivity contribution in [1.29, 1.82) is 0 Å². The summed E-state index contributed by atoms with van der Waals surface area (Å²) in [5.41, 5.74) is 1.50. The minimum absolute atomic E-state index is 0.0717. The zero-order valence-corrected chi connectivity index (χ0v) is 10.4. The second-order valence-corrected chi connectivity index (χ2v) is 4.97. The molecule has 0 atom stereocenters. The van der Waals surface area contributed by atoms with Crippen LogP contribution in [0.3, 0.4) is 0 Å². The van der Waals surface area contributed by atoms with Gasteiger partial charge >= 0.3 is 0 Å². The van der Waals surface area contributed by atoms with E-state index in [4.69, 9.17) is 0 Å². The van der Waals surface area contributed by atoms with Crippen LogP contribution in [0.15, 0.2) is 48.7 Å². The number of anilines is 2. The lowest BCUT2D eigenvalue weighted by molar-refractivity contribution is -0.121. The van der Waals surface area contributed by atoms with Crippen LogP contribution in [0.25, 0.3) is 0 Å². The number of hydrogen-bond donors (Lipinski definition) is 0. The second-order valence-electron chi connectivity index (χ2n) is 4.97. The van der Waals surface area contributed by atoms with E-state index in [1.807, 2.05) is 56.3 Å². The van der Waals surface area contributed by atoms with Gasteiger partial charge in [0.05, 0.1) is 11.1 Å². The first-order valence-electron chi connectivity index (χ1n) is 5.97. The predicted molar refractivity (Wildman–Crippen MR) is 70.9 cm³/mol. The molecule has 0 aliphatic carbocycles. The number of hydrogen-bond acceptors (Lipinski definition) is 2. The van der Waals surface area contributed by atoms with Gasteiger partial charge in [-0.1, -0.05) is 24.3 Å². The maximum absolute atomic E-state index is 12.6. The molecule has 1 aromatic heterocycles. The van der Waals surface area contributed by atoms with Crippen LogP contribution in [0.4, 0.5) is 11.5 Å². The lowest BCUT2D eigenvalue weighted by atomic mass is 9.86. The van der Waals surface area contributed by atoms with E-state index in [-0.39, 0.29) is 5.91 Å². The zero-order valence-electron chi connectivity index (χ0n) is 10.4. The lowest BCUT2D eigenvalue weighted by Gasteiger charge is -2.19. The first-order chi connectivity index (χ1) is 8.62. The number of carbonyl (C=O) groups is 1. The van der Waals surface area contributed by atoms with Gasteiger partial charge in [0.15, 0.2) is 0 Å². The summed E-state index contributed by atoms with van der Waals surface area (Å²) in [6.45, 7) is 3.91. The van der Waals surface area contributed by atoms with Crippen molar-refractivity contribution >= 4 is 17.4 Å². The third-order valence-corrected chi connectivity index (χ3v) is 3.43. The van der Waals surface area contributed by atoms with E-state index in [0.29, 0.717) is 5.82 Å². The molecule has 18 heavy (non-hydrogen) atoms. The smallest absolute Gasteiger partial charge is 0.242 e. The van der Waals surface area contributed by atoms with Crippen molar-refractivity contribution in [2.24, 2.45) is 0 Å². The van der Waals surface area contributed by atoms with E-state index in [0.717, 1.165) is 11.3 Å². The molecule has 1 amide bonds. The number of aromatic nitrogens is 1. The highest BCUT2D eigenvalue weighted by molar-refractivity contribution is 6.11. The largest absolute Gasteiger partial charge is 0.273 e. The summed E-state index contributed by atoms with van der Waals surface area (Å²) < 4.78 is 0. The molecule has 3 nitrogen and oxygen atoms in total. The third kappa shape index (κ3) is 1.37. The maximum atomic E-state index is 12.6. The van der Waals surface area contributed by atoms with Gasteiger partial charge in [0.25, 0.3) is 0 Å². The van der Waals surface area contributed by atoms with Gasteiger partial charge in [-0.15, -0.1) is 0 Å². The molecule has 1 aliphatic heterocycles.